The monoisotopic (exact) mass is 199 g/mol. The zero-order chi connectivity index (χ0) is 10.9. The molecule has 1 aliphatic heterocycles. The summed E-state index contributed by atoms with van der Waals surface area (Å²) in [5, 5.41) is 3.38. The number of rotatable bonds is 1. The van der Waals surface area contributed by atoms with Crippen LogP contribution in [0.5, 0.6) is 0 Å². The van der Waals surface area contributed by atoms with Crippen molar-refractivity contribution in [3.63, 3.8) is 0 Å². The molecule has 0 spiro atoms. The molecule has 1 rings (SSSR count). The van der Waals surface area contributed by atoms with Gasteiger partial charge in [-0.1, -0.05) is 0 Å². The van der Waals surface area contributed by atoms with Gasteiger partial charge in [-0.05, 0) is 27.7 Å². The number of nitrogens with two attached hydrogens (primary N) is 1. The summed E-state index contributed by atoms with van der Waals surface area (Å²) in [7, 11) is 0. The summed E-state index contributed by atoms with van der Waals surface area (Å²) in [6.07, 6.45) is 0. The number of carbonyl (C=O) groups excluding carboxylic acids is 1. The highest BCUT2D eigenvalue weighted by molar-refractivity contribution is 5.85. The Kier molecular flexibility index (Phi) is 3.17. The quantitative estimate of drug-likeness (QED) is 0.621. The third-order valence-electron chi connectivity index (χ3n) is 2.40. The van der Waals surface area contributed by atoms with Gasteiger partial charge in [0.05, 0.1) is 5.54 Å². The van der Waals surface area contributed by atoms with E-state index in [0.717, 1.165) is 13.1 Å². The average Bonchev–Trinajstić information content (AvgIpc) is 1.99. The molecule has 82 valence electrons. The highest BCUT2D eigenvalue weighted by Gasteiger charge is 2.31. The van der Waals surface area contributed by atoms with E-state index in [1.807, 2.05) is 4.90 Å². The number of amides is 1. The molecule has 4 nitrogen and oxygen atoms in total. The van der Waals surface area contributed by atoms with Gasteiger partial charge in [-0.25, -0.2) is 0 Å². The molecule has 0 bridgehead atoms. The first-order chi connectivity index (χ1) is 6.30. The normalized spacial score (nSPS) is 29.1. The Balaban J connectivity index is 2.64. The zero-order valence-electron chi connectivity index (χ0n) is 9.50. The first kappa shape index (κ1) is 11.5. The lowest BCUT2D eigenvalue weighted by Gasteiger charge is -2.38. The molecule has 1 aliphatic rings. The van der Waals surface area contributed by atoms with Crippen molar-refractivity contribution in [2.45, 2.75) is 45.3 Å². The maximum absolute atomic E-state index is 11.9. The van der Waals surface area contributed by atoms with Crippen LogP contribution in [0.2, 0.25) is 0 Å². The molecule has 1 amide bonds. The van der Waals surface area contributed by atoms with Crippen molar-refractivity contribution in [1.29, 1.82) is 0 Å². The molecule has 2 unspecified atom stereocenters. The molecule has 0 aromatic heterocycles. The molecule has 4 heteroatoms. The largest absolute Gasteiger partial charge is 0.338 e. The van der Waals surface area contributed by atoms with Gasteiger partial charge in [0.2, 0.25) is 5.91 Å². The van der Waals surface area contributed by atoms with E-state index < -0.39 is 5.54 Å². The van der Waals surface area contributed by atoms with E-state index in [9.17, 15) is 4.79 Å². The maximum Gasteiger partial charge on any atom is 0.242 e. The summed E-state index contributed by atoms with van der Waals surface area (Å²) in [4.78, 5) is 13.7. The third-order valence-corrected chi connectivity index (χ3v) is 2.40. The molecule has 1 fully saturated rings. The van der Waals surface area contributed by atoms with Gasteiger partial charge in [-0.2, -0.15) is 0 Å². The lowest BCUT2D eigenvalue weighted by Crippen LogP contribution is -2.61. The minimum Gasteiger partial charge on any atom is -0.338 e. The van der Waals surface area contributed by atoms with Crippen LogP contribution in [0.15, 0.2) is 0 Å². The van der Waals surface area contributed by atoms with Gasteiger partial charge < -0.3 is 16.0 Å². The molecule has 1 heterocycles. The van der Waals surface area contributed by atoms with E-state index in [2.05, 4.69) is 19.2 Å². The summed E-state index contributed by atoms with van der Waals surface area (Å²) >= 11 is 0. The fourth-order valence-corrected chi connectivity index (χ4v) is 1.90. The molecule has 0 saturated carbocycles. The van der Waals surface area contributed by atoms with Crippen molar-refractivity contribution in [2.24, 2.45) is 5.73 Å². The first-order valence-corrected chi connectivity index (χ1v) is 5.15. The Morgan fingerprint density at radius 3 is 2.14 bits per heavy atom. The Morgan fingerprint density at radius 1 is 1.36 bits per heavy atom. The van der Waals surface area contributed by atoms with Crippen LogP contribution in [0.4, 0.5) is 0 Å². The fourth-order valence-electron chi connectivity index (χ4n) is 1.90. The van der Waals surface area contributed by atoms with Crippen molar-refractivity contribution in [1.82, 2.24) is 10.2 Å². The van der Waals surface area contributed by atoms with E-state index in [-0.39, 0.29) is 5.91 Å². The second-order valence-electron chi connectivity index (χ2n) is 4.90. The number of hydrogen-bond donors (Lipinski definition) is 2. The minimum atomic E-state index is -0.753. The molecule has 0 aliphatic carbocycles. The van der Waals surface area contributed by atoms with E-state index in [1.54, 1.807) is 13.8 Å². The van der Waals surface area contributed by atoms with Gasteiger partial charge in [0, 0.05) is 25.2 Å². The van der Waals surface area contributed by atoms with Crippen LogP contribution in [0.3, 0.4) is 0 Å². The van der Waals surface area contributed by atoms with Crippen LogP contribution in [-0.4, -0.2) is 41.5 Å². The van der Waals surface area contributed by atoms with Crippen LogP contribution in [0.25, 0.3) is 0 Å². The standard InChI is InChI=1S/C10H21N3O/c1-7-5-13(6-8(2)12-7)9(14)10(3,4)11/h7-8,12H,5-6,11H2,1-4H3. The average molecular weight is 199 g/mol. The van der Waals surface area contributed by atoms with Gasteiger partial charge in [0.25, 0.3) is 0 Å². The summed E-state index contributed by atoms with van der Waals surface area (Å²) in [5.74, 6) is 0.0395. The lowest BCUT2D eigenvalue weighted by atomic mass is 10.0. The Morgan fingerprint density at radius 2 is 1.79 bits per heavy atom. The van der Waals surface area contributed by atoms with Crippen molar-refractivity contribution in [3.05, 3.63) is 0 Å². The highest BCUT2D eigenvalue weighted by atomic mass is 16.2. The molecular formula is C10H21N3O. The summed E-state index contributed by atoms with van der Waals surface area (Å²) in [6, 6.07) is 0.704. The van der Waals surface area contributed by atoms with Crippen molar-refractivity contribution < 1.29 is 4.79 Å². The first-order valence-electron chi connectivity index (χ1n) is 5.15. The van der Waals surface area contributed by atoms with Gasteiger partial charge >= 0.3 is 0 Å². The summed E-state index contributed by atoms with van der Waals surface area (Å²) in [6.45, 7) is 9.19. The predicted octanol–water partition coefficient (Wildman–Crippen LogP) is -0.0675. The van der Waals surface area contributed by atoms with Crippen LogP contribution in [0, 0.1) is 0 Å². The molecule has 0 radical (unpaired) electrons. The summed E-state index contributed by atoms with van der Waals surface area (Å²) in [5.41, 5.74) is 5.04. The van der Waals surface area contributed by atoms with Crippen molar-refractivity contribution in [3.8, 4) is 0 Å². The van der Waals surface area contributed by atoms with Crippen molar-refractivity contribution >= 4 is 5.91 Å². The minimum absolute atomic E-state index is 0.0395. The maximum atomic E-state index is 11.9. The highest BCUT2D eigenvalue weighted by Crippen LogP contribution is 2.10. The second-order valence-corrected chi connectivity index (χ2v) is 4.90. The molecule has 0 aromatic rings. The number of nitrogens with zero attached hydrogens (tertiary/aromatic N) is 1. The Bertz CT molecular complexity index is 212. The lowest BCUT2D eigenvalue weighted by molar-refractivity contribution is -0.137. The molecular weight excluding hydrogens is 178 g/mol. The van der Waals surface area contributed by atoms with E-state index in [0.29, 0.717) is 12.1 Å². The molecule has 2 atom stereocenters. The van der Waals surface area contributed by atoms with Gasteiger partial charge in [-0.3, -0.25) is 4.79 Å². The summed E-state index contributed by atoms with van der Waals surface area (Å²) < 4.78 is 0. The Hall–Kier alpha value is -0.610. The number of carbonyl (C=O) groups is 1. The smallest absolute Gasteiger partial charge is 0.242 e. The third kappa shape index (κ3) is 2.69. The van der Waals surface area contributed by atoms with E-state index in [1.165, 1.54) is 0 Å². The van der Waals surface area contributed by atoms with Gasteiger partial charge in [0.15, 0.2) is 0 Å². The van der Waals surface area contributed by atoms with Gasteiger partial charge in [0.1, 0.15) is 0 Å². The predicted molar refractivity (Wildman–Crippen MR) is 56.9 cm³/mol. The zero-order valence-corrected chi connectivity index (χ0v) is 9.50. The van der Waals surface area contributed by atoms with Gasteiger partial charge in [-0.15, -0.1) is 0 Å². The number of piperazine rings is 1. The van der Waals surface area contributed by atoms with Crippen LogP contribution < -0.4 is 11.1 Å². The molecule has 14 heavy (non-hydrogen) atoms. The Labute approximate surface area is 85.8 Å². The number of nitrogens with one attached hydrogen (secondary N) is 1. The van der Waals surface area contributed by atoms with Crippen LogP contribution >= 0.6 is 0 Å². The molecule has 1 saturated heterocycles. The number of hydrogen-bond acceptors (Lipinski definition) is 3. The van der Waals surface area contributed by atoms with Crippen LogP contribution in [0.1, 0.15) is 27.7 Å². The van der Waals surface area contributed by atoms with E-state index >= 15 is 0 Å². The topological polar surface area (TPSA) is 58.4 Å². The second kappa shape index (κ2) is 3.87. The molecule has 0 aromatic carbocycles. The fraction of sp³-hybridized carbons (Fsp3) is 0.900. The molecule has 3 N–H and O–H groups in total. The SMILES string of the molecule is CC1CN(C(=O)C(C)(C)N)CC(C)N1. The van der Waals surface area contributed by atoms with Crippen molar-refractivity contribution in [2.75, 3.05) is 13.1 Å². The van der Waals surface area contributed by atoms with Crippen LogP contribution in [-0.2, 0) is 4.79 Å². The van der Waals surface area contributed by atoms with E-state index in [4.69, 9.17) is 5.73 Å².